The van der Waals surface area contributed by atoms with E-state index in [0.717, 1.165) is 32.6 Å². The maximum atomic E-state index is 12.5. The number of nitrogens with zero attached hydrogens (tertiary/aromatic N) is 4. The van der Waals surface area contributed by atoms with E-state index in [2.05, 4.69) is 4.98 Å². The lowest BCUT2D eigenvalue weighted by Gasteiger charge is -2.47. The van der Waals surface area contributed by atoms with Crippen molar-refractivity contribution in [3.8, 4) is 0 Å². The van der Waals surface area contributed by atoms with E-state index in [4.69, 9.17) is 0 Å². The third kappa shape index (κ3) is 2.38. The quantitative estimate of drug-likeness (QED) is 0.839. The molecule has 1 spiro atoms. The average molecular weight is 324 g/mol. The fourth-order valence-corrected chi connectivity index (χ4v) is 3.79. The van der Waals surface area contributed by atoms with Crippen molar-refractivity contribution in [3.63, 3.8) is 0 Å². The van der Waals surface area contributed by atoms with Crippen LogP contribution in [-0.4, -0.2) is 57.3 Å². The minimum absolute atomic E-state index is 0.0344. The number of aromatic nitrogens is 2. The summed E-state index contributed by atoms with van der Waals surface area (Å²) in [4.78, 5) is 32.8. The highest BCUT2D eigenvalue weighted by Crippen LogP contribution is 2.40. The summed E-state index contributed by atoms with van der Waals surface area (Å²) in [5.74, 6) is 0.109. The zero-order valence-corrected chi connectivity index (χ0v) is 13.7. The van der Waals surface area contributed by atoms with E-state index in [9.17, 15) is 9.59 Å². The number of likely N-dealkylation sites (tertiary alicyclic amines) is 2. The molecule has 0 bridgehead atoms. The van der Waals surface area contributed by atoms with Gasteiger partial charge in [0.1, 0.15) is 5.69 Å². The van der Waals surface area contributed by atoms with Gasteiger partial charge in [0.25, 0.3) is 11.8 Å². The molecule has 2 aliphatic rings. The lowest BCUT2D eigenvalue weighted by molar-refractivity contribution is 0.0103. The van der Waals surface area contributed by atoms with E-state index in [1.807, 2.05) is 39.7 Å². The molecule has 0 N–H and O–H groups in total. The topological polar surface area (TPSA) is 58.4 Å². The summed E-state index contributed by atoms with van der Waals surface area (Å²) >= 11 is 0. The summed E-state index contributed by atoms with van der Waals surface area (Å²) in [5.41, 5.74) is 1.41. The van der Waals surface area contributed by atoms with Gasteiger partial charge in [-0.15, -0.1) is 0 Å². The second kappa shape index (κ2) is 5.47. The molecule has 2 saturated heterocycles. The Morgan fingerprint density at radius 2 is 1.88 bits per heavy atom. The van der Waals surface area contributed by atoms with Gasteiger partial charge in [-0.25, -0.2) is 0 Å². The molecule has 2 aromatic heterocycles. The fraction of sp³-hybridized carbons (Fsp3) is 0.389. The van der Waals surface area contributed by atoms with Crippen molar-refractivity contribution in [2.24, 2.45) is 12.5 Å². The first-order valence-corrected chi connectivity index (χ1v) is 8.18. The van der Waals surface area contributed by atoms with Crippen LogP contribution in [0.15, 0.2) is 42.9 Å². The maximum Gasteiger partial charge on any atom is 0.270 e. The molecule has 2 aromatic rings. The molecule has 6 nitrogen and oxygen atoms in total. The maximum absolute atomic E-state index is 12.5. The average Bonchev–Trinajstić information content (AvgIpc) is 3.19. The molecule has 0 atom stereocenters. The highest BCUT2D eigenvalue weighted by Gasteiger charge is 2.50. The highest BCUT2D eigenvalue weighted by atomic mass is 16.2. The first kappa shape index (κ1) is 14.9. The second-order valence-corrected chi connectivity index (χ2v) is 6.88. The van der Waals surface area contributed by atoms with Gasteiger partial charge in [0.2, 0.25) is 0 Å². The Morgan fingerprint density at radius 1 is 1.08 bits per heavy atom. The third-order valence-electron chi connectivity index (χ3n) is 5.14. The van der Waals surface area contributed by atoms with Gasteiger partial charge in [0.15, 0.2) is 0 Å². The number of amides is 2. The zero-order valence-electron chi connectivity index (χ0n) is 13.7. The lowest BCUT2D eigenvalue weighted by Crippen LogP contribution is -2.59. The number of carbonyl (C=O) groups is 2. The van der Waals surface area contributed by atoms with Crippen molar-refractivity contribution in [1.29, 1.82) is 0 Å². The monoisotopic (exact) mass is 324 g/mol. The van der Waals surface area contributed by atoms with Crippen LogP contribution >= 0.6 is 0 Å². The standard InChI is InChI=1S/C18H20N4O2/c1-20-8-3-5-15(20)17(24)22-12-18(13-22)6-9-21(11-18)16(23)14-4-2-7-19-10-14/h2-5,7-8,10H,6,9,11-13H2,1H3. The van der Waals surface area contributed by atoms with Crippen molar-refractivity contribution in [1.82, 2.24) is 19.4 Å². The minimum atomic E-state index is 0.0344. The molecular formula is C18H20N4O2. The van der Waals surface area contributed by atoms with E-state index in [-0.39, 0.29) is 17.2 Å². The summed E-state index contributed by atoms with van der Waals surface area (Å²) in [5, 5.41) is 0. The van der Waals surface area contributed by atoms with Crippen LogP contribution < -0.4 is 0 Å². The Morgan fingerprint density at radius 3 is 2.54 bits per heavy atom. The molecule has 0 saturated carbocycles. The highest BCUT2D eigenvalue weighted by molar-refractivity contribution is 5.95. The Balaban J connectivity index is 1.39. The summed E-state index contributed by atoms with van der Waals surface area (Å²) < 4.78 is 1.85. The Labute approximate surface area is 140 Å². The van der Waals surface area contributed by atoms with Crippen molar-refractivity contribution in [3.05, 3.63) is 54.1 Å². The van der Waals surface area contributed by atoms with E-state index in [1.165, 1.54) is 0 Å². The number of hydrogen-bond donors (Lipinski definition) is 0. The van der Waals surface area contributed by atoms with E-state index in [0.29, 0.717) is 11.3 Å². The molecule has 0 aliphatic carbocycles. The molecule has 0 aromatic carbocycles. The Hall–Kier alpha value is -2.63. The van der Waals surface area contributed by atoms with Gasteiger partial charge in [-0.05, 0) is 30.7 Å². The van der Waals surface area contributed by atoms with E-state index >= 15 is 0 Å². The SMILES string of the molecule is Cn1cccc1C(=O)N1CC2(CCN(C(=O)c3cccnc3)C2)C1. The molecule has 4 heterocycles. The molecule has 0 radical (unpaired) electrons. The van der Waals surface area contributed by atoms with Crippen LogP contribution in [0.5, 0.6) is 0 Å². The largest absolute Gasteiger partial charge is 0.347 e. The Kier molecular flexibility index (Phi) is 3.40. The smallest absolute Gasteiger partial charge is 0.270 e. The summed E-state index contributed by atoms with van der Waals surface area (Å²) in [6.07, 6.45) is 6.11. The number of pyridine rings is 1. The van der Waals surface area contributed by atoms with Crippen LogP contribution in [0, 0.1) is 5.41 Å². The number of carbonyl (C=O) groups excluding carboxylic acids is 2. The van der Waals surface area contributed by atoms with Gasteiger partial charge in [-0.1, -0.05) is 0 Å². The molecule has 0 unspecified atom stereocenters. The number of hydrogen-bond acceptors (Lipinski definition) is 3. The first-order chi connectivity index (χ1) is 11.6. The third-order valence-corrected chi connectivity index (χ3v) is 5.14. The number of aryl methyl sites for hydroxylation is 1. The van der Waals surface area contributed by atoms with Crippen LogP contribution in [0.4, 0.5) is 0 Å². The minimum Gasteiger partial charge on any atom is -0.347 e. The molecule has 4 rings (SSSR count). The fourth-order valence-electron chi connectivity index (χ4n) is 3.79. The summed E-state index contributed by atoms with van der Waals surface area (Å²) in [6, 6.07) is 7.31. The summed E-state index contributed by atoms with van der Waals surface area (Å²) in [6.45, 7) is 2.93. The predicted octanol–water partition coefficient (Wildman–Crippen LogP) is 1.41. The van der Waals surface area contributed by atoms with Gasteiger partial charge in [0, 0.05) is 57.2 Å². The van der Waals surface area contributed by atoms with Crippen molar-refractivity contribution in [2.75, 3.05) is 26.2 Å². The molecule has 6 heteroatoms. The first-order valence-electron chi connectivity index (χ1n) is 8.18. The van der Waals surface area contributed by atoms with Crippen LogP contribution in [-0.2, 0) is 7.05 Å². The predicted molar refractivity (Wildman–Crippen MR) is 88.5 cm³/mol. The van der Waals surface area contributed by atoms with Crippen molar-refractivity contribution >= 4 is 11.8 Å². The van der Waals surface area contributed by atoms with Gasteiger partial charge in [-0.2, -0.15) is 0 Å². The Bertz CT molecular complexity index is 777. The molecule has 2 fully saturated rings. The van der Waals surface area contributed by atoms with Gasteiger partial charge in [0.05, 0.1) is 5.56 Å². The molecular weight excluding hydrogens is 304 g/mol. The van der Waals surface area contributed by atoms with Gasteiger partial charge < -0.3 is 14.4 Å². The van der Waals surface area contributed by atoms with Gasteiger partial charge in [-0.3, -0.25) is 14.6 Å². The van der Waals surface area contributed by atoms with Crippen LogP contribution in [0.2, 0.25) is 0 Å². The normalized spacial score (nSPS) is 18.7. The molecule has 124 valence electrons. The van der Waals surface area contributed by atoms with E-state index < -0.39 is 0 Å². The lowest BCUT2D eigenvalue weighted by atomic mass is 9.79. The van der Waals surface area contributed by atoms with E-state index in [1.54, 1.807) is 24.5 Å². The van der Waals surface area contributed by atoms with Crippen LogP contribution in [0.25, 0.3) is 0 Å². The van der Waals surface area contributed by atoms with Crippen molar-refractivity contribution < 1.29 is 9.59 Å². The number of rotatable bonds is 2. The summed E-state index contributed by atoms with van der Waals surface area (Å²) in [7, 11) is 1.88. The van der Waals surface area contributed by atoms with Gasteiger partial charge >= 0.3 is 0 Å². The molecule has 24 heavy (non-hydrogen) atoms. The van der Waals surface area contributed by atoms with Crippen LogP contribution in [0.1, 0.15) is 27.3 Å². The van der Waals surface area contributed by atoms with Crippen molar-refractivity contribution in [2.45, 2.75) is 6.42 Å². The van der Waals surface area contributed by atoms with Crippen LogP contribution in [0.3, 0.4) is 0 Å². The zero-order chi connectivity index (χ0) is 16.7. The second-order valence-electron chi connectivity index (χ2n) is 6.88. The molecule has 2 aliphatic heterocycles. The molecule has 2 amide bonds.